The highest BCUT2D eigenvalue weighted by atomic mass is 32.2. The maximum atomic E-state index is 11.8. The van der Waals surface area contributed by atoms with E-state index in [1.165, 1.54) is 10.4 Å². The van der Waals surface area contributed by atoms with E-state index in [0.717, 1.165) is 26.6 Å². The molecule has 2 aromatic heterocycles. The summed E-state index contributed by atoms with van der Waals surface area (Å²) >= 11 is 3.36. The van der Waals surface area contributed by atoms with Crippen LogP contribution in [0.3, 0.4) is 0 Å². The largest absolute Gasteiger partial charge is 0.462 e. The SMILES string of the molecule is CCOC(=O)c1ccc(CSc2ncnc3sc(-c4ccccc4)cc23)cc1. The van der Waals surface area contributed by atoms with E-state index in [4.69, 9.17) is 4.74 Å². The van der Waals surface area contributed by atoms with Gasteiger partial charge in [0.2, 0.25) is 0 Å². The molecule has 2 heterocycles. The second kappa shape index (κ2) is 8.54. The van der Waals surface area contributed by atoms with Gasteiger partial charge in [0.1, 0.15) is 16.2 Å². The number of hydrogen-bond donors (Lipinski definition) is 0. The Kier molecular flexibility index (Phi) is 5.69. The maximum absolute atomic E-state index is 11.8. The number of thioether (sulfide) groups is 1. The minimum Gasteiger partial charge on any atom is -0.462 e. The lowest BCUT2D eigenvalue weighted by Gasteiger charge is -2.05. The van der Waals surface area contributed by atoms with Crippen LogP contribution in [0.5, 0.6) is 0 Å². The second-order valence-electron chi connectivity index (χ2n) is 6.08. The van der Waals surface area contributed by atoms with Crippen molar-refractivity contribution in [2.45, 2.75) is 17.7 Å². The Hall–Kier alpha value is -2.70. The van der Waals surface area contributed by atoms with Crippen molar-refractivity contribution in [3.8, 4) is 10.4 Å². The number of esters is 1. The molecule has 28 heavy (non-hydrogen) atoms. The van der Waals surface area contributed by atoms with Gasteiger partial charge in [0, 0.05) is 16.0 Å². The van der Waals surface area contributed by atoms with Crippen molar-refractivity contribution in [3.63, 3.8) is 0 Å². The van der Waals surface area contributed by atoms with Gasteiger partial charge in [-0.15, -0.1) is 23.1 Å². The molecular weight excluding hydrogens is 388 g/mol. The molecule has 0 unspecified atom stereocenters. The lowest BCUT2D eigenvalue weighted by molar-refractivity contribution is 0.0526. The van der Waals surface area contributed by atoms with Gasteiger partial charge in [0.15, 0.2) is 0 Å². The van der Waals surface area contributed by atoms with Gasteiger partial charge >= 0.3 is 5.97 Å². The molecule has 0 saturated carbocycles. The van der Waals surface area contributed by atoms with E-state index >= 15 is 0 Å². The zero-order chi connectivity index (χ0) is 19.3. The molecule has 0 fully saturated rings. The maximum Gasteiger partial charge on any atom is 0.338 e. The van der Waals surface area contributed by atoms with Crippen molar-refractivity contribution in [2.24, 2.45) is 0 Å². The van der Waals surface area contributed by atoms with Crippen LogP contribution >= 0.6 is 23.1 Å². The molecule has 4 nitrogen and oxygen atoms in total. The molecule has 0 saturated heterocycles. The molecule has 0 atom stereocenters. The third-order valence-corrected chi connectivity index (χ3v) is 6.36. The number of aromatic nitrogens is 2. The van der Waals surface area contributed by atoms with Crippen LogP contribution in [0.15, 0.2) is 72.0 Å². The van der Waals surface area contributed by atoms with Gasteiger partial charge in [-0.2, -0.15) is 0 Å². The Morgan fingerprint density at radius 3 is 2.61 bits per heavy atom. The molecule has 0 bridgehead atoms. The summed E-state index contributed by atoms with van der Waals surface area (Å²) in [7, 11) is 0. The number of ether oxygens (including phenoxy) is 1. The number of benzene rings is 2. The van der Waals surface area contributed by atoms with E-state index in [9.17, 15) is 4.79 Å². The Morgan fingerprint density at radius 1 is 1.07 bits per heavy atom. The van der Waals surface area contributed by atoms with E-state index in [1.807, 2.05) is 42.5 Å². The van der Waals surface area contributed by atoms with Crippen LogP contribution in [0.4, 0.5) is 0 Å². The van der Waals surface area contributed by atoms with Gasteiger partial charge in [0.05, 0.1) is 12.2 Å². The monoisotopic (exact) mass is 406 g/mol. The van der Waals surface area contributed by atoms with Gasteiger partial charge in [-0.3, -0.25) is 0 Å². The number of hydrogen-bond acceptors (Lipinski definition) is 6. The van der Waals surface area contributed by atoms with E-state index in [-0.39, 0.29) is 5.97 Å². The minimum absolute atomic E-state index is 0.286. The van der Waals surface area contributed by atoms with Crippen molar-refractivity contribution >= 4 is 39.3 Å². The van der Waals surface area contributed by atoms with Crippen LogP contribution in [0.1, 0.15) is 22.8 Å². The highest BCUT2D eigenvalue weighted by Crippen LogP contribution is 2.36. The first-order chi connectivity index (χ1) is 13.7. The number of nitrogens with zero attached hydrogens (tertiary/aromatic N) is 2. The normalized spacial score (nSPS) is 10.9. The quantitative estimate of drug-likeness (QED) is 0.229. The fourth-order valence-electron chi connectivity index (χ4n) is 2.80. The summed E-state index contributed by atoms with van der Waals surface area (Å²) < 4.78 is 5.02. The number of thiophene rings is 1. The molecule has 6 heteroatoms. The molecular formula is C22H18N2O2S2. The van der Waals surface area contributed by atoms with Crippen LogP contribution in [0.2, 0.25) is 0 Å². The molecule has 0 aliphatic rings. The number of carbonyl (C=O) groups excluding carboxylic acids is 1. The van der Waals surface area contributed by atoms with E-state index in [0.29, 0.717) is 12.2 Å². The first-order valence-electron chi connectivity index (χ1n) is 8.93. The third-order valence-electron chi connectivity index (χ3n) is 4.19. The van der Waals surface area contributed by atoms with Crippen molar-refractivity contribution < 1.29 is 9.53 Å². The van der Waals surface area contributed by atoms with Gasteiger partial charge in [0.25, 0.3) is 0 Å². The van der Waals surface area contributed by atoms with Gasteiger partial charge in [-0.1, -0.05) is 42.5 Å². The number of carbonyl (C=O) groups is 1. The van der Waals surface area contributed by atoms with Crippen LogP contribution < -0.4 is 0 Å². The lowest BCUT2D eigenvalue weighted by atomic mass is 10.1. The summed E-state index contributed by atoms with van der Waals surface area (Å²) in [5, 5.41) is 2.05. The molecule has 0 N–H and O–H groups in total. The average molecular weight is 407 g/mol. The number of fused-ring (bicyclic) bond motifs is 1. The molecule has 0 aliphatic carbocycles. The number of rotatable bonds is 6. The standard InChI is InChI=1S/C22H18N2O2S2/c1-2-26-22(25)17-10-8-15(9-11-17)13-27-20-18-12-19(16-6-4-3-5-7-16)28-21(18)24-14-23-20/h3-12,14H,2,13H2,1H3. The minimum atomic E-state index is -0.286. The summed E-state index contributed by atoms with van der Waals surface area (Å²) in [6, 6.07) is 20.0. The molecule has 0 amide bonds. The Morgan fingerprint density at radius 2 is 1.86 bits per heavy atom. The molecule has 0 aliphatic heterocycles. The molecule has 4 aromatic rings. The summed E-state index contributed by atoms with van der Waals surface area (Å²) in [4.78, 5) is 22.9. The molecule has 4 rings (SSSR count). The predicted octanol–water partition coefficient (Wildman–Crippen LogP) is 5.83. The zero-order valence-electron chi connectivity index (χ0n) is 15.3. The zero-order valence-corrected chi connectivity index (χ0v) is 16.9. The topological polar surface area (TPSA) is 52.1 Å². The third kappa shape index (κ3) is 4.08. The summed E-state index contributed by atoms with van der Waals surface area (Å²) in [5.74, 6) is 0.483. The summed E-state index contributed by atoms with van der Waals surface area (Å²) in [5.41, 5.74) is 2.89. The molecule has 2 aromatic carbocycles. The smallest absolute Gasteiger partial charge is 0.338 e. The fraction of sp³-hybridized carbons (Fsp3) is 0.136. The van der Waals surface area contributed by atoms with Crippen molar-refractivity contribution in [3.05, 3.63) is 78.1 Å². The average Bonchev–Trinajstić information content (AvgIpc) is 3.18. The predicted molar refractivity (Wildman–Crippen MR) is 115 cm³/mol. The lowest BCUT2D eigenvalue weighted by Crippen LogP contribution is -2.04. The van der Waals surface area contributed by atoms with Gasteiger partial charge in [-0.05, 0) is 36.2 Å². The van der Waals surface area contributed by atoms with Crippen LogP contribution in [0, 0.1) is 0 Å². The Bertz CT molecular complexity index is 1090. The van der Waals surface area contributed by atoms with Crippen LogP contribution in [0.25, 0.3) is 20.7 Å². The van der Waals surface area contributed by atoms with Gasteiger partial charge < -0.3 is 4.74 Å². The van der Waals surface area contributed by atoms with Crippen molar-refractivity contribution in [2.75, 3.05) is 6.61 Å². The van der Waals surface area contributed by atoms with Gasteiger partial charge in [-0.25, -0.2) is 14.8 Å². The van der Waals surface area contributed by atoms with E-state index < -0.39 is 0 Å². The van der Waals surface area contributed by atoms with Crippen molar-refractivity contribution in [1.29, 1.82) is 0 Å². The van der Waals surface area contributed by atoms with Crippen LogP contribution in [-0.4, -0.2) is 22.5 Å². The Labute approximate surface area is 171 Å². The van der Waals surface area contributed by atoms with E-state index in [2.05, 4.69) is 28.2 Å². The van der Waals surface area contributed by atoms with E-state index in [1.54, 1.807) is 36.3 Å². The summed E-state index contributed by atoms with van der Waals surface area (Å²) in [6.45, 7) is 2.19. The highest BCUT2D eigenvalue weighted by Gasteiger charge is 2.11. The first-order valence-corrected chi connectivity index (χ1v) is 10.7. The second-order valence-corrected chi connectivity index (χ2v) is 8.08. The van der Waals surface area contributed by atoms with Crippen LogP contribution in [-0.2, 0) is 10.5 Å². The molecule has 140 valence electrons. The fourth-order valence-corrected chi connectivity index (χ4v) is 4.79. The summed E-state index contributed by atoms with van der Waals surface area (Å²) in [6.07, 6.45) is 1.62. The molecule has 0 radical (unpaired) electrons. The molecule has 0 spiro atoms. The Balaban J connectivity index is 1.52. The van der Waals surface area contributed by atoms with Crippen molar-refractivity contribution in [1.82, 2.24) is 9.97 Å². The highest BCUT2D eigenvalue weighted by molar-refractivity contribution is 7.98. The first kappa shape index (κ1) is 18.7.